The zero-order valence-electron chi connectivity index (χ0n) is 13.4. The average Bonchev–Trinajstić information content (AvgIpc) is 2.53. The Balaban J connectivity index is 2.85. The van der Waals surface area contributed by atoms with Crippen molar-refractivity contribution in [2.75, 3.05) is 32.7 Å². The highest BCUT2D eigenvalue weighted by molar-refractivity contribution is 5.96. The fourth-order valence-corrected chi connectivity index (χ4v) is 2.15. The standard InChI is InChI=1S/C15H22N4O4/c1-3-17(4-2)9-10-18(11-14(16)20)15(21)12-5-7-13(8-6-12)19(22)23/h5-8H,3-4,9-11H2,1-2H3,(H2,16,20). The number of amides is 2. The number of carbonyl (C=O) groups excluding carboxylic acids is 2. The first-order valence-corrected chi connectivity index (χ1v) is 7.43. The van der Waals surface area contributed by atoms with Gasteiger partial charge in [0.15, 0.2) is 0 Å². The Morgan fingerprint density at radius 1 is 1.13 bits per heavy atom. The van der Waals surface area contributed by atoms with Gasteiger partial charge >= 0.3 is 0 Å². The van der Waals surface area contributed by atoms with Gasteiger partial charge in [0.05, 0.1) is 11.5 Å². The maximum atomic E-state index is 12.5. The highest BCUT2D eigenvalue weighted by Gasteiger charge is 2.19. The molecule has 0 fully saturated rings. The summed E-state index contributed by atoms with van der Waals surface area (Å²) in [5.74, 6) is -0.967. The number of rotatable bonds is 9. The molecule has 1 rings (SSSR count). The second-order valence-corrected chi connectivity index (χ2v) is 5.02. The molecule has 0 spiro atoms. The molecule has 0 radical (unpaired) electrons. The molecular weight excluding hydrogens is 300 g/mol. The van der Waals surface area contributed by atoms with Crippen molar-refractivity contribution in [2.45, 2.75) is 13.8 Å². The smallest absolute Gasteiger partial charge is 0.269 e. The number of primary amides is 1. The van der Waals surface area contributed by atoms with E-state index in [4.69, 9.17) is 5.73 Å². The molecule has 0 bridgehead atoms. The molecule has 8 heteroatoms. The van der Waals surface area contributed by atoms with Crippen LogP contribution in [-0.2, 0) is 4.79 Å². The van der Waals surface area contributed by atoms with E-state index in [9.17, 15) is 19.7 Å². The monoisotopic (exact) mass is 322 g/mol. The molecule has 0 unspecified atom stereocenters. The zero-order chi connectivity index (χ0) is 17.4. The van der Waals surface area contributed by atoms with E-state index in [1.807, 2.05) is 13.8 Å². The van der Waals surface area contributed by atoms with Crippen LogP contribution in [0.5, 0.6) is 0 Å². The van der Waals surface area contributed by atoms with E-state index in [1.54, 1.807) is 0 Å². The van der Waals surface area contributed by atoms with Gasteiger partial charge in [-0.15, -0.1) is 0 Å². The van der Waals surface area contributed by atoms with Gasteiger partial charge < -0.3 is 15.5 Å². The van der Waals surface area contributed by atoms with Gasteiger partial charge in [-0.1, -0.05) is 13.8 Å². The third kappa shape index (κ3) is 5.67. The van der Waals surface area contributed by atoms with Crippen LogP contribution in [0.3, 0.4) is 0 Å². The van der Waals surface area contributed by atoms with Gasteiger partial charge in [0.2, 0.25) is 5.91 Å². The summed E-state index contributed by atoms with van der Waals surface area (Å²) in [5, 5.41) is 10.6. The quantitative estimate of drug-likeness (QED) is 0.535. The largest absolute Gasteiger partial charge is 0.368 e. The molecule has 0 saturated carbocycles. The van der Waals surface area contributed by atoms with Crippen LogP contribution in [0.25, 0.3) is 0 Å². The van der Waals surface area contributed by atoms with Crippen LogP contribution in [0.15, 0.2) is 24.3 Å². The Kier molecular flexibility index (Phi) is 7.14. The predicted octanol–water partition coefficient (Wildman–Crippen LogP) is 0.864. The fraction of sp³-hybridized carbons (Fsp3) is 0.467. The van der Waals surface area contributed by atoms with Crippen molar-refractivity contribution in [2.24, 2.45) is 5.73 Å². The molecule has 2 N–H and O–H groups in total. The van der Waals surface area contributed by atoms with Gasteiger partial charge in [-0.2, -0.15) is 0 Å². The SMILES string of the molecule is CCN(CC)CCN(CC(N)=O)C(=O)c1ccc([N+](=O)[O-])cc1. The maximum Gasteiger partial charge on any atom is 0.269 e. The van der Waals surface area contributed by atoms with Crippen molar-refractivity contribution in [1.82, 2.24) is 9.80 Å². The minimum Gasteiger partial charge on any atom is -0.368 e. The third-order valence-corrected chi connectivity index (χ3v) is 3.54. The van der Waals surface area contributed by atoms with Crippen LogP contribution < -0.4 is 5.73 Å². The lowest BCUT2D eigenvalue weighted by Crippen LogP contribution is -2.43. The van der Waals surface area contributed by atoms with Crippen LogP contribution in [0.4, 0.5) is 5.69 Å². The molecule has 0 aliphatic heterocycles. The van der Waals surface area contributed by atoms with Crippen LogP contribution in [0.2, 0.25) is 0 Å². The number of nitro benzene ring substituents is 1. The van der Waals surface area contributed by atoms with E-state index >= 15 is 0 Å². The number of hydrogen-bond donors (Lipinski definition) is 1. The minimum absolute atomic E-state index is 0.0915. The van der Waals surface area contributed by atoms with Gasteiger partial charge in [0, 0.05) is 30.8 Å². The normalized spacial score (nSPS) is 10.6. The first-order valence-electron chi connectivity index (χ1n) is 7.43. The van der Waals surface area contributed by atoms with E-state index in [0.717, 1.165) is 13.1 Å². The number of benzene rings is 1. The first-order chi connectivity index (χ1) is 10.9. The number of nitrogens with two attached hydrogens (primary N) is 1. The van der Waals surface area contributed by atoms with Crippen molar-refractivity contribution < 1.29 is 14.5 Å². The molecule has 8 nitrogen and oxygen atoms in total. The molecule has 0 heterocycles. The topological polar surface area (TPSA) is 110 Å². The summed E-state index contributed by atoms with van der Waals surface area (Å²) in [6.45, 7) is 6.51. The highest BCUT2D eigenvalue weighted by Crippen LogP contribution is 2.13. The second-order valence-electron chi connectivity index (χ2n) is 5.02. The summed E-state index contributed by atoms with van der Waals surface area (Å²) in [6.07, 6.45) is 0. The molecule has 1 aromatic rings. The Morgan fingerprint density at radius 3 is 2.13 bits per heavy atom. The lowest BCUT2D eigenvalue weighted by Gasteiger charge is -2.25. The van der Waals surface area contributed by atoms with E-state index in [0.29, 0.717) is 13.1 Å². The Morgan fingerprint density at radius 2 is 1.70 bits per heavy atom. The molecule has 0 aromatic heterocycles. The molecule has 23 heavy (non-hydrogen) atoms. The third-order valence-electron chi connectivity index (χ3n) is 3.54. The van der Waals surface area contributed by atoms with E-state index in [-0.39, 0.29) is 23.7 Å². The molecule has 0 aliphatic rings. The Hall–Kier alpha value is -2.48. The number of nitro groups is 1. The number of nitrogens with zero attached hydrogens (tertiary/aromatic N) is 3. The van der Waals surface area contributed by atoms with E-state index in [1.165, 1.54) is 29.2 Å². The van der Waals surface area contributed by atoms with Gasteiger partial charge in [0.1, 0.15) is 0 Å². The number of likely N-dealkylation sites (N-methyl/N-ethyl adjacent to an activating group) is 1. The molecule has 1 aromatic carbocycles. The summed E-state index contributed by atoms with van der Waals surface area (Å²) in [7, 11) is 0. The van der Waals surface area contributed by atoms with E-state index < -0.39 is 10.8 Å². The van der Waals surface area contributed by atoms with Crippen LogP contribution in [0.1, 0.15) is 24.2 Å². The van der Waals surface area contributed by atoms with Gasteiger partial charge in [0.25, 0.3) is 11.6 Å². The lowest BCUT2D eigenvalue weighted by molar-refractivity contribution is -0.384. The fourth-order valence-electron chi connectivity index (χ4n) is 2.15. The summed E-state index contributed by atoms with van der Waals surface area (Å²) in [6, 6.07) is 5.29. The van der Waals surface area contributed by atoms with Crippen molar-refractivity contribution in [3.05, 3.63) is 39.9 Å². The number of non-ortho nitro benzene ring substituents is 1. The number of hydrogen-bond acceptors (Lipinski definition) is 5. The summed E-state index contributed by atoms with van der Waals surface area (Å²) in [5.41, 5.74) is 5.41. The van der Waals surface area contributed by atoms with Gasteiger partial charge in [-0.05, 0) is 25.2 Å². The van der Waals surface area contributed by atoms with Crippen molar-refractivity contribution in [3.8, 4) is 0 Å². The van der Waals surface area contributed by atoms with Crippen LogP contribution in [0, 0.1) is 10.1 Å². The molecule has 2 amide bonds. The second kappa shape index (κ2) is 8.84. The van der Waals surface area contributed by atoms with Crippen LogP contribution >= 0.6 is 0 Å². The van der Waals surface area contributed by atoms with Crippen molar-refractivity contribution in [1.29, 1.82) is 0 Å². The van der Waals surface area contributed by atoms with Gasteiger partial charge in [-0.25, -0.2) is 0 Å². The molecule has 0 saturated heterocycles. The average molecular weight is 322 g/mol. The van der Waals surface area contributed by atoms with Crippen molar-refractivity contribution >= 4 is 17.5 Å². The minimum atomic E-state index is -0.597. The van der Waals surface area contributed by atoms with Crippen molar-refractivity contribution in [3.63, 3.8) is 0 Å². The summed E-state index contributed by atoms with van der Waals surface area (Å²) < 4.78 is 0. The lowest BCUT2D eigenvalue weighted by atomic mass is 10.1. The molecule has 0 aliphatic carbocycles. The predicted molar refractivity (Wildman–Crippen MR) is 86.0 cm³/mol. The maximum absolute atomic E-state index is 12.5. The Bertz CT molecular complexity index is 555. The van der Waals surface area contributed by atoms with Crippen LogP contribution in [-0.4, -0.2) is 59.3 Å². The van der Waals surface area contributed by atoms with Gasteiger partial charge in [-0.3, -0.25) is 19.7 Å². The molecule has 126 valence electrons. The van der Waals surface area contributed by atoms with E-state index in [2.05, 4.69) is 4.90 Å². The summed E-state index contributed by atoms with van der Waals surface area (Å²) in [4.78, 5) is 37.3. The first kappa shape index (κ1) is 18.6. The zero-order valence-corrected chi connectivity index (χ0v) is 13.4. The number of carbonyl (C=O) groups is 2. The molecular formula is C15H22N4O4. The Labute approximate surface area is 135 Å². The highest BCUT2D eigenvalue weighted by atomic mass is 16.6. The summed E-state index contributed by atoms with van der Waals surface area (Å²) >= 11 is 0. The molecule has 0 atom stereocenters.